The smallest absolute Gasteiger partial charge is 0.287 e. The fourth-order valence-electron chi connectivity index (χ4n) is 2.94. The van der Waals surface area contributed by atoms with E-state index in [9.17, 15) is 4.79 Å². The van der Waals surface area contributed by atoms with Crippen molar-refractivity contribution in [2.75, 3.05) is 0 Å². The number of hydrogen-bond donors (Lipinski definition) is 1. The Morgan fingerprint density at radius 1 is 1.07 bits per heavy atom. The lowest BCUT2D eigenvalue weighted by Crippen LogP contribution is -2.26. The van der Waals surface area contributed by atoms with Crippen molar-refractivity contribution in [3.63, 3.8) is 0 Å². The standard InChI is InChI=1S/C24H25Cl2NO3/c1-15(16-5-7-17(8-6-16)24(2,3)4)27-23(28)22-12-10-19(30-22)14-29-21-11-9-18(25)13-20(21)26/h5-13,15H,14H2,1-4H3,(H,27,28). The van der Waals surface area contributed by atoms with Gasteiger partial charge in [-0.05, 0) is 53.8 Å². The maximum Gasteiger partial charge on any atom is 0.287 e. The summed E-state index contributed by atoms with van der Waals surface area (Å²) in [7, 11) is 0. The Labute approximate surface area is 187 Å². The second-order valence-electron chi connectivity index (χ2n) is 8.20. The van der Waals surface area contributed by atoms with Crippen LogP contribution in [0.5, 0.6) is 5.75 Å². The summed E-state index contributed by atoms with van der Waals surface area (Å²) in [6.45, 7) is 8.61. The van der Waals surface area contributed by atoms with Gasteiger partial charge in [-0.1, -0.05) is 68.2 Å². The lowest BCUT2D eigenvalue weighted by atomic mass is 9.86. The van der Waals surface area contributed by atoms with Gasteiger partial charge in [-0.15, -0.1) is 0 Å². The Bertz CT molecular complexity index is 1020. The molecule has 6 heteroatoms. The predicted octanol–water partition coefficient (Wildman–Crippen LogP) is 6.95. The van der Waals surface area contributed by atoms with Crippen molar-refractivity contribution in [2.24, 2.45) is 0 Å². The summed E-state index contributed by atoms with van der Waals surface area (Å²) < 4.78 is 11.3. The van der Waals surface area contributed by atoms with Gasteiger partial charge >= 0.3 is 0 Å². The quantitative estimate of drug-likeness (QED) is 0.446. The van der Waals surface area contributed by atoms with Gasteiger partial charge in [0.15, 0.2) is 5.76 Å². The normalized spacial score (nSPS) is 12.5. The molecule has 1 aromatic heterocycles. The van der Waals surface area contributed by atoms with Crippen LogP contribution >= 0.6 is 23.2 Å². The molecule has 1 atom stereocenters. The number of amides is 1. The first-order valence-electron chi connectivity index (χ1n) is 9.71. The van der Waals surface area contributed by atoms with Crippen LogP contribution in [0.1, 0.15) is 61.2 Å². The van der Waals surface area contributed by atoms with Gasteiger partial charge in [-0.3, -0.25) is 4.79 Å². The van der Waals surface area contributed by atoms with E-state index < -0.39 is 0 Å². The topological polar surface area (TPSA) is 51.5 Å². The van der Waals surface area contributed by atoms with Crippen LogP contribution < -0.4 is 10.1 Å². The van der Waals surface area contributed by atoms with E-state index in [-0.39, 0.29) is 29.7 Å². The molecule has 2 aromatic carbocycles. The van der Waals surface area contributed by atoms with Gasteiger partial charge in [-0.25, -0.2) is 0 Å². The third-order valence-electron chi connectivity index (χ3n) is 4.77. The Morgan fingerprint density at radius 3 is 2.40 bits per heavy atom. The van der Waals surface area contributed by atoms with Crippen molar-refractivity contribution in [3.05, 3.63) is 87.3 Å². The molecule has 30 heavy (non-hydrogen) atoms. The molecule has 3 rings (SSSR count). The van der Waals surface area contributed by atoms with E-state index in [1.807, 2.05) is 19.1 Å². The molecular weight excluding hydrogens is 421 g/mol. The minimum absolute atomic E-state index is 0.0912. The number of furan rings is 1. The van der Waals surface area contributed by atoms with Crippen molar-refractivity contribution < 1.29 is 13.9 Å². The van der Waals surface area contributed by atoms with E-state index in [0.29, 0.717) is 21.6 Å². The molecular formula is C24H25Cl2NO3. The molecule has 0 aliphatic rings. The number of carbonyl (C=O) groups is 1. The Kier molecular flexibility index (Phi) is 6.79. The zero-order valence-electron chi connectivity index (χ0n) is 17.5. The molecule has 0 saturated carbocycles. The molecule has 3 aromatic rings. The Morgan fingerprint density at radius 2 is 1.77 bits per heavy atom. The molecule has 1 amide bonds. The van der Waals surface area contributed by atoms with E-state index in [1.54, 1.807) is 30.3 Å². The summed E-state index contributed by atoms with van der Waals surface area (Å²) in [5, 5.41) is 3.91. The minimum atomic E-state index is -0.279. The van der Waals surface area contributed by atoms with Crippen molar-refractivity contribution >= 4 is 29.1 Å². The first-order chi connectivity index (χ1) is 14.1. The maximum atomic E-state index is 12.6. The van der Waals surface area contributed by atoms with Crippen LogP contribution in [-0.2, 0) is 12.0 Å². The molecule has 158 valence electrons. The van der Waals surface area contributed by atoms with Gasteiger partial charge < -0.3 is 14.5 Å². The fourth-order valence-corrected chi connectivity index (χ4v) is 3.40. The van der Waals surface area contributed by atoms with E-state index >= 15 is 0 Å². The van der Waals surface area contributed by atoms with E-state index in [0.717, 1.165) is 5.56 Å². The highest BCUT2D eigenvalue weighted by Crippen LogP contribution is 2.28. The van der Waals surface area contributed by atoms with Crippen molar-refractivity contribution in [3.8, 4) is 5.75 Å². The van der Waals surface area contributed by atoms with Crippen LogP contribution in [0.25, 0.3) is 0 Å². The lowest BCUT2D eigenvalue weighted by Gasteiger charge is -2.20. The largest absolute Gasteiger partial charge is 0.484 e. The van der Waals surface area contributed by atoms with E-state index in [1.165, 1.54) is 5.56 Å². The third kappa shape index (κ3) is 5.59. The van der Waals surface area contributed by atoms with Crippen LogP contribution in [0.3, 0.4) is 0 Å². The number of rotatable bonds is 6. The zero-order chi connectivity index (χ0) is 21.9. The third-order valence-corrected chi connectivity index (χ3v) is 5.30. The highest BCUT2D eigenvalue weighted by Gasteiger charge is 2.17. The fraction of sp³-hybridized carbons (Fsp3) is 0.292. The molecule has 0 bridgehead atoms. The summed E-state index contributed by atoms with van der Waals surface area (Å²) >= 11 is 12.0. The summed E-state index contributed by atoms with van der Waals surface area (Å²) in [5.41, 5.74) is 2.37. The highest BCUT2D eigenvalue weighted by atomic mass is 35.5. The average molecular weight is 446 g/mol. The molecule has 1 heterocycles. The first kappa shape index (κ1) is 22.3. The molecule has 1 N–H and O–H groups in total. The van der Waals surface area contributed by atoms with Crippen LogP contribution in [-0.4, -0.2) is 5.91 Å². The summed E-state index contributed by atoms with van der Waals surface area (Å²) in [4.78, 5) is 12.6. The first-order valence-corrected chi connectivity index (χ1v) is 10.5. The predicted molar refractivity (Wildman–Crippen MR) is 121 cm³/mol. The summed E-state index contributed by atoms with van der Waals surface area (Å²) in [6.07, 6.45) is 0. The molecule has 0 spiro atoms. The van der Waals surface area contributed by atoms with Crippen LogP contribution in [0.2, 0.25) is 10.0 Å². The summed E-state index contributed by atoms with van der Waals surface area (Å²) in [6, 6.07) is 16.5. The van der Waals surface area contributed by atoms with Gasteiger partial charge in [0.25, 0.3) is 5.91 Å². The molecule has 1 unspecified atom stereocenters. The number of ether oxygens (including phenoxy) is 1. The van der Waals surface area contributed by atoms with E-state index in [4.69, 9.17) is 32.4 Å². The Hall–Kier alpha value is -2.43. The van der Waals surface area contributed by atoms with Gasteiger partial charge in [0.2, 0.25) is 0 Å². The second-order valence-corrected chi connectivity index (χ2v) is 9.04. The molecule has 0 radical (unpaired) electrons. The SMILES string of the molecule is CC(NC(=O)c1ccc(COc2ccc(Cl)cc2Cl)o1)c1ccc(C(C)(C)C)cc1. The van der Waals surface area contributed by atoms with Gasteiger partial charge in [0.1, 0.15) is 18.1 Å². The molecule has 0 fully saturated rings. The lowest BCUT2D eigenvalue weighted by molar-refractivity contribution is 0.0907. The minimum Gasteiger partial charge on any atom is -0.484 e. The van der Waals surface area contributed by atoms with Gasteiger partial charge in [0.05, 0.1) is 11.1 Å². The van der Waals surface area contributed by atoms with E-state index in [2.05, 4.69) is 38.2 Å². The number of benzene rings is 2. The van der Waals surface area contributed by atoms with Gasteiger partial charge in [-0.2, -0.15) is 0 Å². The number of hydrogen-bond acceptors (Lipinski definition) is 3. The zero-order valence-corrected chi connectivity index (χ0v) is 19.0. The average Bonchev–Trinajstić information content (AvgIpc) is 3.16. The second kappa shape index (κ2) is 9.15. The van der Waals surface area contributed by atoms with Crippen molar-refractivity contribution in [2.45, 2.75) is 45.8 Å². The van der Waals surface area contributed by atoms with Crippen LogP contribution in [0.15, 0.2) is 59.0 Å². The molecule has 0 aliphatic heterocycles. The Balaban J connectivity index is 1.59. The number of nitrogens with one attached hydrogen (secondary N) is 1. The highest BCUT2D eigenvalue weighted by molar-refractivity contribution is 6.35. The number of halogens is 2. The summed E-state index contributed by atoms with van der Waals surface area (Å²) in [5.74, 6) is 0.969. The van der Waals surface area contributed by atoms with Crippen molar-refractivity contribution in [1.82, 2.24) is 5.32 Å². The number of carbonyl (C=O) groups excluding carboxylic acids is 1. The maximum absolute atomic E-state index is 12.6. The van der Waals surface area contributed by atoms with Crippen LogP contribution in [0.4, 0.5) is 0 Å². The van der Waals surface area contributed by atoms with Crippen LogP contribution in [0, 0.1) is 0 Å². The molecule has 0 saturated heterocycles. The molecule has 4 nitrogen and oxygen atoms in total. The van der Waals surface area contributed by atoms with Crippen molar-refractivity contribution in [1.29, 1.82) is 0 Å². The molecule has 0 aliphatic carbocycles. The monoisotopic (exact) mass is 445 g/mol. The van der Waals surface area contributed by atoms with Gasteiger partial charge in [0, 0.05) is 5.02 Å².